The Morgan fingerprint density at radius 1 is 0.909 bits per heavy atom. The Morgan fingerprint density at radius 3 is 2.15 bits per heavy atom. The fraction of sp³-hybridized carbons (Fsp3) is 0.240. The minimum atomic E-state index is -0.0754. The van der Waals surface area contributed by atoms with E-state index >= 15 is 0 Å². The SMILES string of the molecule is COc1cc(CNc2ccc(NC(=O)C(C)C)cc2)c(Cl)cc1OCc1c(Cl)cccc1Cl. The Morgan fingerprint density at radius 2 is 1.55 bits per heavy atom. The van der Waals surface area contributed by atoms with Crippen molar-refractivity contribution in [1.29, 1.82) is 0 Å². The number of ether oxygens (including phenoxy) is 2. The molecule has 0 heterocycles. The van der Waals surface area contributed by atoms with E-state index < -0.39 is 0 Å². The number of hydrogen-bond acceptors (Lipinski definition) is 4. The van der Waals surface area contributed by atoms with Gasteiger partial charge in [0.15, 0.2) is 11.5 Å². The second-order valence-corrected chi connectivity index (χ2v) is 8.88. The molecule has 3 aromatic carbocycles. The van der Waals surface area contributed by atoms with E-state index in [9.17, 15) is 4.79 Å². The van der Waals surface area contributed by atoms with Gasteiger partial charge in [-0.15, -0.1) is 0 Å². The van der Waals surface area contributed by atoms with Crippen LogP contribution in [0.15, 0.2) is 54.6 Å². The van der Waals surface area contributed by atoms with Gasteiger partial charge in [-0.1, -0.05) is 54.7 Å². The lowest BCUT2D eigenvalue weighted by molar-refractivity contribution is -0.118. The van der Waals surface area contributed by atoms with Crippen molar-refractivity contribution < 1.29 is 14.3 Å². The summed E-state index contributed by atoms with van der Waals surface area (Å²) in [6.45, 7) is 4.36. The number of benzene rings is 3. The first-order valence-electron chi connectivity index (χ1n) is 10.4. The first-order chi connectivity index (χ1) is 15.8. The molecule has 0 saturated carbocycles. The summed E-state index contributed by atoms with van der Waals surface area (Å²) < 4.78 is 11.4. The molecule has 33 heavy (non-hydrogen) atoms. The van der Waals surface area contributed by atoms with Gasteiger partial charge in [0.2, 0.25) is 5.91 Å². The molecule has 0 aromatic heterocycles. The van der Waals surface area contributed by atoms with Crippen molar-refractivity contribution in [2.24, 2.45) is 5.92 Å². The van der Waals surface area contributed by atoms with Crippen LogP contribution in [0.25, 0.3) is 0 Å². The lowest BCUT2D eigenvalue weighted by Crippen LogP contribution is -2.17. The average Bonchev–Trinajstić information content (AvgIpc) is 2.79. The maximum absolute atomic E-state index is 11.8. The van der Waals surface area contributed by atoms with Crippen LogP contribution >= 0.6 is 34.8 Å². The van der Waals surface area contributed by atoms with E-state index in [4.69, 9.17) is 44.3 Å². The zero-order chi connectivity index (χ0) is 24.0. The topological polar surface area (TPSA) is 59.6 Å². The maximum Gasteiger partial charge on any atom is 0.226 e. The molecular weight excluding hydrogens is 483 g/mol. The summed E-state index contributed by atoms with van der Waals surface area (Å²) in [6.07, 6.45) is 0. The number of halogens is 3. The summed E-state index contributed by atoms with van der Waals surface area (Å²) in [6, 6.07) is 16.3. The van der Waals surface area contributed by atoms with Crippen molar-refractivity contribution in [2.45, 2.75) is 27.0 Å². The molecule has 0 atom stereocenters. The monoisotopic (exact) mass is 506 g/mol. The molecule has 0 fully saturated rings. The van der Waals surface area contributed by atoms with Crippen LogP contribution in [-0.4, -0.2) is 13.0 Å². The average molecular weight is 508 g/mol. The highest BCUT2D eigenvalue weighted by Crippen LogP contribution is 2.35. The molecule has 8 heteroatoms. The Bertz CT molecular complexity index is 1100. The number of rotatable bonds is 9. The van der Waals surface area contributed by atoms with Gasteiger partial charge in [0.1, 0.15) is 6.61 Å². The zero-order valence-electron chi connectivity index (χ0n) is 18.5. The lowest BCUT2D eigenvalue weighted by atomic mass is 10.1. The Balaban J connectivity index is 1.66. The van der Waals surface area contributed by atoms with Crippen LogP contribution in [0.4, 0.5) is 11.4 Å². The van der Waals surface area contributed by atoms with Gasteiger partial charge in [-0.2, -0.15) is 0 Å². The van der Waals surface area contributed by atoms with Crippen LogP contribution in [-0.2, 0) is 17.9 Å². The number of carbonyl (C=O) groups is 1. The van der Waals surface area contributed by atoms with E-state index in [-0.39, 0.29) is 18.4 Å². The van der Waals surface area contributed by atoms with Gasteiger partial charge in [0.25, 0.3) is 0 Å². The summed E-state index contributed by atoms with van der Waals surface area (Å²) >= 11 is 19.0. The number of nitrogens with one attached hydrogen (secondary N) is 2. The molecule has 0 aliphatic carbocycles. The zero-order valence-corrected chi connectivity index (χ0v) is 20.8. The minimum Gasteiger partial charge on any atom is -0.493 e. The highest BCUT2D eigenvalue weighted by Gasteiger charge is 2.13. The summed E-state index contributed by atoms with van der Waals surface area (Å²) in [5.74, 6) is 0.945. The van der Waals surface area contributed by atoms with Gasteiger partial charge in [-0.05, 0) is 48.0 Å². The lowest BCUT2D eigenvalue weighted by Gasteiger charge is -2.16. The molecule has 0 aliphatic rings. The van der Waals surface area contributed by atoms with Crippen molar-refractivity contribution >= 4 is 52.1 Å². The van der Waals surface area contributed by atoms with Crippen LogP contribution in [0.1, 0.15) is 25.0 Å². The van der Waals surface area contributed by atoms with Crippen LogP contribution in [0.2, 0.25) is 15.1 Å². The molecule has 0 radical (unpaired) electrons. The number of methoxy groups -OCH3 is 1. The molecule has 0 saturated heterocycles. The maximum atomic E-state index is 11.8. The number of anilines is 2. The van der Waals surface area contributed by atoms with E-state index in [1.54, 1.807) is 31.4 Å². The van der Waals surface area contributed by atoms with Crippen LogP contribution < -0.4 is 20.1 Å². The van der Waals surface area contributed by atoms with E-state index in [1.165, 1.54) is 0 Å². The Kier molecular flexibility index (Phi) is 8.73. The number of hydrogen-bond donors (Lipinski definition) is 2. The van der Waals surface area contributed by atoms with Crippen LogP contribution in [0, 0.1) is 5.92 Å². The predicted octanol–water partition coefficient (Wildman–Crippen LogP) is 7.44. The second-order valence-electron chi connectivity index (χ2n) is 7.66. The summed E-state index contributed by atoms with van der Waals surface area (Å²) in [7, 11) is 1.57. The molecule has 1 amide bonds. The van der Waals surface area contributed by atoms with Crippen molar-refractivity contribution in [2.75, 3.05) is 17.7 Å². The molecule has 0 bridgehead atoms. The highest BCUT2D eigenvalue weighted by atomic mass is 35.5. The van der Waals surface area contributed by atoms with Gasteiger partial charge in [0.05, 0.1) is 7.11 Å². The smallest absolute Gasteiger partial charge is 0.226 e. The van der Waals surface area contributed by atoms with E-state index in [0.717, 1.165) is 16.9 Å². The normalized spacial score (nSPS) is 10.8. The molecular formula is C25H25Cl3N2O3. The van der Waals surface area contributed by atoms with Crippen molar-refractivity contribution in [3.8, 4) is 11.5 Å². The molecule has 0 aliphatic heterocycles. The summed E-state index contributed by atoms with van der Waals surface area (Å²) in [5, 5.41) is 7.78. The summed E-state index contributed by atoms with van der Waals surface area (Å²) in [5.41, 5.74) is 3.17. The third-order valence-corrected chi connectivity index (χ3v) is 5.99. The number of amides is 1. The minimum absolute atomic E-state index is 0.0197. The van der Waals surface area contributed by atoms with Crippen molar-refractivity contribution in [1.82, 2.24) is 0 Å². The van der Waals surface area contributed by atoms with Gasteiger partial charge in [0, 0.05) is 50.5 Å². The molecule has 3 rings (SSSR count). The van der Waals surface area contributed by atoms with Crippen LogP contribution in [0.5, 0.6) is 11.5 Å². The fourth-order valence-corrected chi connectivity index (χ4v) is 3.69. The second kappa shape index (κ2) is 11.5. The van der Waals surface area contributed by atoms with Gasteiger partial charge in [-0.3, -0.25) is 4.79 Å². The molecule has 0 unspecified atom stereocenters. The standard InChI is InChI=1S/C25H25Cl3N2O3/c1-15(2)25(31)30-18-9-7-17(8-10-18)29-13-16-11-23(32-3)24(12-22(16)28)33-14-19-20(26)5-4-6-21(19)27/h4-12,15,29H,13-14H2,1-3H3,(H,30,31). The molecule has 0 spiro atoms. The Labute approximate surface area is 208 Å². The predicted molar refractivity (Wildman–Crippen MR) is 136 cm³/mol. The van der Waals surface area contributed by atoms with E-state index in [0.29, 0.717) is 38.7 Å². The molecule has 2 N–H and O–H groups in total. The van der Waals surface area contributed by atoms with Crippen molar-refractivity contribution in [3.05, 3.63) is 80.8 Å². The van der Waals surface area contributed by atoms with Gasteiger partial charge >= 0.3 is 0 Å². The largest absolute Gasteiger partial charge is 0.493 e. The molecule has 5 nitrogen and oxygen atoms in total. The first kappa shape index (κ1) is 25.0. The molecule has 3 aromatic rings. The molecule has 174 valence electrons. The van der Waals surface area contributed by atoms with Crippen molar-refractivity contribution in [3.63, 3.8) is 0 Å². The summed E-state index contributed by atoms with van der Waals surface area (Å²) in [4.78, 5) is 11.8. The quantitative estimate of drug-likeness (QED) is 0.316. The van der Waals surface area contributed by atoms with Gasteiger partial charge < -0.3 is 20.1 Å². The first-order valence-corrected chi connectivity index (χ1v) is 11.5. The third kappa shape index (κ3) is 6.70. The highest BCUT2D eigenvalue weighted by molar-refractivity contribution is 6.36. The van der Waals surface area contributed by atoms with E-state index in [1.807, 2.05) is 44.2 Å². The van der Waals surface area contributed by atoms with Gasteiger partial charge in [-0.25, -0.2) is 0 Å². The number of carbonyl (C=O) groups excluding carboxylic acids is 1. The fourth-order valence-electron chi connectivity index (χ4n) is 2.96. The van der Waals surface area contributed by atoms with E-state index in [2.05, 4.69) is 10.6 Å². The Hall–Kier alpha value is -2.60. The van der Waals surface area contributed by atoms with Crippen LogP contribution in [0.3, 0.4) is 0 Å². The third-order valence-electron chi connectivity index (χ3n) is 4.93.